The van der Waals surface area contributed by atoms with E-state index < -0.39 is 5.54 Å². The van der Waals surface area contributed by atoms with Crippen molar-refractivity contribution in [2.75, 3.05) is 7.05 Å². The van der Waals surface area contributed by atoms with E-state index >= 15 is 0 Å². The summed E-state index contributed by atoms with van der Waals surface area (Å²) >= 11 is 0. The number of H-pyrrole nitrogens is 1. The van der Waals surface area contributed by atoms with Crippen LogP contribution in [0.15, 0.2) is 35.3 Å². The normalized spacial score (nSPS) is 23.8. The molecule has 1 amide bonds. The van der Waals surface area contributed by atoms with Gasteiger partial charge in [0.15, 0.2) is 5.96 Å². The summed E-state index contributed by atoms with van der Waals surface area (Å²) in [5.74, 6) is 0.242. The molecule has 98 valence electrons. The Labute approximate surface area is 111 Å². The number of carbonyl (C=O) groups excluding carboxylic acids is 1. The monoisotopic (exact) mass is 256 g/mol. The number of carbonyl (C=O) groups is 1. The highest BCUT2D eigenvalue weighted by Crippen LogP contribution is 2.33. The molecule has 3 rings (SSSR count). The number of para-hydroxylation sites is 1. The van der Waals surface area contributed by atoms with Crippen molar-refractivity contribution in [2.24, 2.45) is 10.7 Å². The molecule has 1 atom stereocenters. The van der Waals surface area contributed by atoms with Crippen LogP contribution in [-0.4, -0.2) is 28.8 Å². The highest BCUT2D eigenvalue weighted by Gasteiger charge is 2.37. The minimum atomic E-state index is -0.618. The molecule has 5 nitrogen and oxygen atoms in total. The number of amides is 1. The van der Waals surface area contributed by atoms with E-state index in [4.69, 9.17) is 5.73 Å². The summed E-state index contributed by atoms with van der Waals surface area (Å²) < 4.78 is 0. The van der Waals surface area contributed by atoms with Crippen molar-refractivity contribution in [3.8, 4) is 0 Å². The summed E-state index contributed by atoms with van der Waals surface area (Å²) in [4.78, 5) is 21.2. The second-order valence-electron chi connectivity index (χ2n) is 5.14. The molecule has 5 heteroatoms. The number of hydrogen-bond donors (Lipinski definition) is 2. The second kappa shape index (κ2) is 3.85. The van der Waals surface area contributed by atoms with Crippen molar-refractivity contribution in [2.45, 2.75) is 18.9 Å². The molecule has 0 spiro atoms. The van der Waals surface area contributed by atoms with Crippen LogP contribution in [0.1, 0.15) is 19.0 Å². The summed E-state index contributed by atoms with van der Waals surface area (Å²) in [7, 11) is 1.64. The standard InChI is InChI=1S/C14H16N4O/c1-14(8-12(19)18(2)13(15)17-14)11-7-9-5-3-4-6-10(9)16-11/h3-7,16H,8H2,1-2H3,(H2,15,17)/t14-/m0/s1. The number of fused-ring (bicyclic) bond motifs is 1. The molecule has 1 aliphatic heterocycles. The van der Waals surface area contributed by atoms with E-state index in [0.717, 1.165) is 16.6 Å². The summed E-state index contributed by atoms with van der Waals surface area (Å²) in [6.45, 7) is 1.93. The van der Waals surface area contributed by atoms with Crippen LogP contribution in [0.5, 0.6) is 0 Å². The first-order valence-corrected chi connectivity index (χ1v) is 6.20. The van der Waals surface area contributed by atoms with Crippen LogP contribution >= 0.6 is 0 Å². The van der Waals surface area contributed by atoms with E-state index in [1.165, 1.54) is 4.90 Å². The Morgan fingerprint density at radius 2 is 2.16 bits per heavy atom. The Kier molecular flexibility index (Phi) is 2.38. The molecule has 2 heterocycles. The lowest BCUT2D eigenvalue weighted by Gasteiger charge is -2.32. The van der Waals surface area contributed by atoms with Gasteiger partial charge in [0.2, 0.25) is 5.91 Å². The van der Waals surface area contributed by atoms with Crippen LogP contribution in [-0.2, 0) is 10.3 Å². The number of benzene rings is 1. The van der Waals surface area contributed by atoms with E-state index in [9.17, 15) is 4.79 Å². The maximum atomic E-state index is 12.0. The van der Waals surface area contributed by atoms with Gasteiger partial charge in [-0.25, -0.2) is 4.99 Å². The van der Waals surface area contributed by atoms with E-state index in [1.54, 1.807) is 7.05 Å². The lowest BCUT2D eigenvalue weighted by atomic mass is 9.92. The van der Waals surface area contributed by atoms with Gasteiger partial charge in [-0.2, -0.15) is 0 Å². The Hall–Kier alpha value is -2.30. The van der Waals surface area contributed by atoms with E-state index in [1.807, 2.05) is 37.3 Å². The SMILES string of the molecule is CN1C(=O)C[C@@](C)(c2cc3ccccc3[nH]2)N=C1N. The molecule has 1 aromatic carbocycles. The highest BCUT2D eigenvalue weighted by molar-refractivity contribution is 5.99. The summed E-state index contributed by atoms with van der Waals surface area (Å²) in [5.41, 5.74) is 7.15. The fraction of sp³-hybridized carbons (Fsp3) is 0.286. The quantitative estimate of drug-likeness (QED) is 0.812. The number of nitrogens with two attached hydrogens (primary N) is 1. The Bertz CT molecular complexity index is 655. The smallest absolute Gasteiger partial charge is 0.231 e. The number of aromatic amines is 1. The van der Waals surface area contributed by atoms with Gasteiger partial charge in [0.25, 0.3) is 0 Å². The van der Waals surface area contributed by atoms with Gasteiger partial charge in [0.1, 0.15) is 5.54 Å². The van der Waals surface area contributed by atoms with Crippen LogP contribution in [0.3, 0.4) is 0 Å². The largest absolute Gasteiger partial charge is 0.369 e. The summed E-state index contributed by atoms with van der Waals surface area (Å²) in [6, 6.07) is 10.0. The Morgan fingerprint density at radius 1 is 1.42 bits per heavy atom. The molecule has 0 bridgehead atoms. The van der Waals surface area contributed by atoms with Gasteiger partial charge in [0, 0.05) is 18.3 Å². The molecule has 0 saturated carbocycles. The lowest BCUT2D eigenvalue weighted by Crippen LogP contribution is -2.47. The van der Waals surface area contributed by atoms with E-state index in [2.05, 4.69) is 9.98 Å². The zero-order valence-corrected chi connectivity index (χ0v) is 11.0. The number of guanidine groups is 1. The van der Waals surface area contributed by atoms with Gasteiger partial charge in [0.05, 0.1) is 6.42 Å². The maximum absolute atomic E-state index is 12.0. The van der Waals surface area contributed by atoms with Crippen LogP contribution in [0.25, 0.3) is 10.9 Å². The maximum Gasteiger partial charge on any atom is 0.231 e. The minimum Gasteiger partial charge on any atom is -0.369 e. The number of aromatic nitrogens is 1. The predicted octanol–water partition coefficient (Wildman–Crippen LogP) is 1.56. The topological polar surface area (TPSA) is 74.5 Å². The fourth-order valence-corrected chi connectivity index (χ4v) is 2.43. The molecular weight excluding hydrogens is 240 g/mol. The Morgan fingerprint density at radius 3 is 2.84 bits per heavy atom. The van der Waals surface area contributed by atoms with Crippen molar-refractivity contribution in [1.82, 2.24) is 9.88 Å². The van der Waals surface area contributed by atoms with Crippen molar-refractivity contribution in [3.05, 3.63) is 36.0 Å². The van der Waals surface area contributed by atoms with Gasteiger partial charge in [-0.15, -0.1) is 0 Å². The summed E-state index contributed by atoms with van der Waals surface area (Å²) in [6.07, 6.45) is 0.316. The van der Waals surface area contributed by atoms with Crippen LogP contribution in [0.4, 0.5) is 0 Å². The summed E-state index contributed by atoms with van der Waals surface area (Å²) in [5, 5.41) is 1.11. The third-order valence-electron chi connectivity index (χ3n) is 3.68. The first-order valence-electron chi connectivity index (χ1n) is 6.20. The zero-order valence-electron chi connectivity index (χ0n) is 11.0. The average molecular weight is 256 g/mol. The molecule has 0 fully saturated rings. The van der Waals surface area contributed by atoms with Crippen molar-refractivity contribution in [1.29, 1.82) is 0 Å². The molecule has 0 saturated heterocycles. The first-order chi connectivity index (χ1) is 8.99. The number of aliphatic imine (C=N–C) groups is 1. The molecule has 0 unspecified atom stereocenters. The molecule has 0 radical (unpaired) electrons. The lowest BCUT2D eigenvalue weighted by molar-refractivity contribution is -0.128. The van der Waals surface area contributed by atoms with Crippen LogP contribution in [0.2, 0.25) is 0 Å². The number of nitrogens with zero attached hydrogens (tertiary/aromatic N) is 2. The molecule has 3 N–H and O–H groups in total. The fourth-order valence-electron chi connectivity index (χ4n) is 2.43. The number of hydrogen-bond acceptors (Lipinski definition) is 3. The third kappa shape index (κ3) is 1.78. The Balaban J connectivity index is 2.12. The van der Waals surface area contributed by atoms with Crippen LogP contribution in [0, 0.1) is 0 Å². The zero-order chi connectivity index (χ0) is 13.6. The highest BCUT2D eigenvalue weighted by atomic mass is 16.2. The van der Waals surface area contributed by atoms with Crippen molar-refractivity contribution in [3.63, 3.8) is 0 Å². The molecule has 1 aliphatic rings. The molecule has 0 aliphatic carbocycles. The molecule has 19 heavy (non-hydrogen) atoms. The molecule has 1 aromatic heterocycles. The van der Waals surface area contributed by atoms with E-state index in [-0.39, 0.29) is 11.9 Å². The van der Waals surface area contributed by atoms with E-state index in [0.29, 0.717) is 6.42 Å². The number of rotatable bonds is 1. The molecule has 2 aromatic rings. The number of nitrogens with one attached hydrogen (secondary N) is 1. The van der Waals surface area contributed by atoms with Gasteiger partial charge in [-0.3, -0.25) is 9.69 Å². The van der Waals surface area contributed by atoms with Gasteiger partial charge in [-0.1, -0.05) is 18.2 Å². The minimum absolute atomic E-state index is 0.0198. The first kappa shape index (κ1) is 11.8. The van der Waals surface area contributed by atoms with Crippen LogP contribution < -0.4 is 5.73 Å². The molecular formula is C14H16N4O. The third-order valence-corrected chi connectivity index (χ3v) is 3.68. The van der Waals surface area contributed by atoms with Gasteiger partial charge >= 0.3 is 0 Å². The van der Waals surface area contributed by atoms with Gasteiger partial charge in [-0.05, 0) is 24.4 Å². The van der Waals surface area contributed by atoms with Crippen molar-refractivity contribution < 1.29 is 4.79 Å². The predicted molar refractivity (Wildman–Crippen MR) is 74.7 cm³/mol. The van der Waals surface area contributed by atoms with Gasteiger partial charge < -0.3 is 10.7 Å². The van der Waals surface area contributed by atoms with Crippen molar-refractivity contribution >= 4 is 22.8 Å². The average Bonchev–Trinajstić information content (AvgIpc) is 2.80. The second-order valence-corrected chi connectivity index (χ2v) is 5.14.